The molecule has 0 radical (unpaired) electrons. The first kappa shape index (κ1) is 19.3. The summed E-state index contributed by atoms with van der Waals surface area (Å²) < 4.78 is 0. The lowest BCUT2D eigenvalue weighted by molar-refractivity contribution is -0.138. The van der Waals surface area contributed by atoms with Crippen molar-refractivity contribution in [1.29, 1.82) is 0 Å². The highest BCUT2D eigenvalue weighted by atomic mass is 32.1. The lowest BCUT2D eigenvalue weighted by Crippen LogP contribution is -2.30. The van der Waals surface area contributed by atoms with Gasteiger partial charge in [-0.05, 0) is 6.42 Å². The van der Waals surface area contributed by atoms with Crippen LogP contribution < -0.4 is 5.32 Å². The number of nitrogens with one attached hydrogen (secondary N) is 1. The van der Waals surface area contributed by atoms with E-state index in [-0.39, 0.29) is 5.78 Å². The average Bonchev–Trinajstić information content (AvgIpc) is 3.12. The predicted molar refractivity (Wildman–Crippen MR) is 102 cm³/mol. The van der Waals surface area contributed by atoms with Crippen molar-refractivity contribution in [2.75, 3.05) is 0 Å². The quantitative estimate of drug-likeness (QED) is 0.466. The maximum absolute atomic E-state index is 11.9. The summed E-state index contributed by atoms with van der Waals surface area (Å²) in [6, 6.07) is 9.92. The van der Waals surface area contributed by atoms with Crippen LogP contribution in [-0.4, -0.2) is 16.7 Å². The molecule has 0 aliphatic carbocycles. The van der Waals surface area contributed by atoms with Gasteiger partial charge in [-0.25, -0.2) is 4.98 Å². The van der Waals surface area contributed by atoms with Gasteiger partial charge in [0.05, 0.1) is 12.2 Å². The van der Waals surface area contributed by atoms with E-state index in [0.29, 0.717) is 13.0 Å². The molecule has 0 atom stereocenters. The molecule has 1 aromatic carbocycles. The minimum atomic E-state index is -0.497. The molecular weight excluding hydrogens is 332 g/mol. The predicted octanol–water partition coefficient (Wildman–Crippen LogP) is 4.75. The molecule has 0 fully saturated rings. The normalized spacial score (nSPS) is 10.6. The van der Waals surface area contributed by atoms with Crippen LogP contribution in [0.4, 0.5) is 0 Å². The van der Waals surface area contributed by atoms with Gasteiger partial charge in [-0.15, -0.1) is 11.3 Å². The number of hydrogen-bond donors (Lipinski definition) is 1. The van der Waals surface area contributed by atoms with E-state index in [9.17, 15) is 9.59 Å². The van der Waals surface area contributed by atoms with E-state index in [1.54, 1.807) is 0 Å². The van der Waals surface area contributed by atoms with Crippen LogP contribution in [0.3, 0.4) is 0 Å². The molecule has 0 saturated heterocycles. The van der Waals surface area contributed by atoms with E-state index in [2.05, 4.69) is 17.2 Å². The number of ketones is 1. The third-order valence-corrected chi connectivity index (χ3v) is 4.95. The minimum absolute atomic E-state index is 0.296. The molecular formula is C20H26N2O2S. The summed E-state index contributed by atoms with van der Waals surface area (Å²) in [5.41, 5.74) is 1.84. The molecule has 0 aliphatic heterocycles. The fourth-order valence-corrected chi connectivity index (χ4v) is 3.38. The molecule has 134 valence electrons. The number of thiazole rings is 1. The zero-order valence-corrected chi connectivity index (χ0v) is 15.6. The zero-order chi connectivity index (χ0) is 17.9. The van der Waals surface area contributed by atoms with Crippen LogP contribution in [0.25, 0.3) is 10.6 Å². The molecule has 25 heavy (non-hydrogen) atoms. The molecule has 1 heterocycles. The second-order valence-corrected chi connectivity index (χ2v) is 6.99. The van der Waals surface area contributed by atoms with Crippen molar-refractivity contribution in [3.05, 3.63) is 41.4 Å². The summed E-state index contributed by atoms with van der Waals surface area (Å²) in [5, 5.41) is 5.52. The molecule has 5 heteroatoms. The maximum Gasteiger partial charge on any atom is 0.287 e. The highest BCUT2D eigenvalue weighted by Crippen LogP contribution is 2.23. The van der Waals surface area contributed by atoms with Crippen LogP contribution in [0.15, 0.2) is 35.7 Å². The lowest BCUT2D eigenvalue weighted by Gasteiger charge is -2.03. The monoisotopic (exact) mass is 358 g/mol. The second kappa shape index (κ2) is 10.8. The first-order valence-corrected chi connectivity index (χ1v) is 9.89. The number of carbonyl (C=O) groups is 2. The van der Waals surface area contributed by atoms with Crippen molar-refractivity contribution in [3.63, 3.8) is 0 Å². The van der Waals surface area contributed by atoms with Gasteiger partial charge in [0.1, 0.15) is 5.01 Å². The number of amides is 1. The van der Waals surface area contributed by atoms with Crippen molar-refractivity contribution in [1.82, 2.24) is 10.3 Å². The molecule has 0 unspecified atom stereocenters. The van der Waals surface area contributed by atoms with Crippen LogP contribution >= 0.6 is 11.3 Å². The number of unbranched alkanes of at least 4 members (excludes halogenated alkanes) is 5. The van der Waals surface area contributed by atoms with Crippen molar-refractivity contribution in [2.24, 2.45) is 0 Å². The summed E-state index contributed by atoms with van der Waals surface area (Å²) in [5.74, 6) is -0.822. The third kappa shape index (κ3) is 6.78. The third-order valence-electron chi connectivity index (χ3n) is 4.01. The van der Waals surface area contributed by atoms with Gasteiger partial charge in [-0.1, -0.05) is 69.4 Å². The Morgan fingerprint density at radius 2 is 1.76 bits per heavy atom. The number of benzene rings is 1. The summed E-state index contributed by atoms with van der Waals surface area (Å²) in [6.45, 7) is 2.48. The molecule has 1 amide bonds. The molecule has 2 aromatic rings. The number of Topliss-reactive ketones (excluding diaryl/α,β-unsaturated/α-hetero) is 1. The summed E-state index contributed by atoms with van der Waals surface area (Å²) in [6.07, 6.45) is 6.96. The van der Waals surface area contributed by atoms with E-state index in [1.165, 1.54) is 30.6 Å². The molecule has 0 spiro atoms. The van der Waals surface area contributed by atoms with Gasteiger partial charge in [0, 0.05) is 17.4 Å². The Bertz CT molecular complexity index is 667. The van der Waals surface area contributed by atoms with Crippen molar-refractivity contribution in [3.8, 4) is 10.6 Å². The second-order valence-electron chi connectivity index (χ2n) is 6.13. The highest BCUT2D eigenvalue weighted by Gasteiger charge is 2.13. The minimum Gasteiger partial charge on any atom is -0.344 e. The molecule has 4 nitrogen and oxygen atoms in total. The number of nitrogens with zero attached hydrogens (tertiary/aromatic N) is 1. The smallest absolute Gasteiger partial charge is 0.287 e. The van der Waals surface area contributed by atoms with Crippen molar-refractivity contribution < 1.29 is 9.59 Å². The summed E-state index contributed by atoms with van der Waals surface area (Å²) in [4.78, 5) is 28.2. The SMILES string of the molecule is CCCCCCCCC(=O)C(=O)NCc1csc(-c2ccccc2)n1. The Morgan fingerprint density at radius 3 is 2.52 bits per heavy atom. The first-order chi connectivity index (χ1) is 12.2. The first-order valence-electron chi connectivity index (χ1n) is 9.01. The molecule has 2 rings (SSSR count). The van der Waals surface area contributed by atoms with Crippen molar-refractivity contribution in [2.45, 2.75) is 58.4 Å². The number of aromatic nitrogens is 1. The largest absolute Gasteiger partial charge is 0.344 e. The maximum atomic E-state index is 11.9. The fraction of sp³-hybridized carbons (Fsp3) is 0.450. The lowest BCUT2D eigenvalue weighted by atomic mass is 10.1. The number of carbonyl (C=O) groups excluding carboxylic acids is 2. The Balaban J connectivity index is 1.69. The van der Waals surface area contributed by atoms with Gasteiger partial charge < -0.3 is 5.32 Å². The molecule has 0 bridgehead atoms. The van der Waals surface area contributed by atoms with E-state index < -0.39 is 5.91 Å². The number of hydrogen-bond acceptors (Lipinski definition) is 4. The number of rotatable bonds is 11. The fourth-order valence-electron chi connectivity index (χ4n) is 2.55. The molecule has 1 N–H and O–H groups in total. The van der Waals surface area contributed by atoms with Crippen LogP contribution in [-0.2, 0) is 16.1 Å². The molecule has 0 aliphatic rings. The molecule has 1 aromatic heterocycles. The summed E-state index contributed by atoms with van der Waals surface area (Å²) >= 11 is 1.54. The van der Waals surface area contributed by atoms with Crippen LogP contribution in [0.1, 0.15) is 57.6 Å². The highest BCUT2D eigenvalue weighted by molar-refractivity contribution is 7.13. The van der Waals surface area contributed by atoms with Gasteiger partial charge >= 0.3 is 0 Å². The topological polar surface area (TPSA) is 59.1 Å². The Morgan fingerprint density at radius 1 is 1.04 bits per heavy atom. The van der Waals surface area contributed by atoms with Gasteiger partial charge in [0.15, 0.2) is 0 Å². The van der Waals surface area contributed by atoms with Crippen molar-refractivity contribution >= 4 is 23.0 Å². The average molecular weight is 359 g/mol. The Kier molecular flexibility index (Phi) is 8.32. The van der Waals surface area contributed by atoms with Crippen LogP contribution in [0.5, 0.6) is 0 Å². The Hall–Kier alpha value is -2.01. The standard InChI is InChI=1S/C20H26N2O2S/c1-2-3-4-5-6-10-13-18(23)19(24)21-14-17-15-25-20(22-17)16-11-8-7-9-12-16/h7-9,11-12,15H,2-6,10,13-14H2,1H3,(H,21,24). The van der Waals surface area contributed by atoms with Gasteiger partial charge in [-0.2, -0.15) is 0 Å². The van der Waals surface area contributed by atoms with Gasteiger partial charge in [0.25, 0.3) is 5.91 Å². The summed E-state index contributed by atoms with van der Waals surface area (Å²) in [7, 11) is 0. The molecule has 0 saturated carbocycles. The van der Waals surface area contributed by atoms with E-state index in [4.69, 9.17) is 0 Å². The van der Waals surface area contributed by atoms with Crippen LogP contribution in [0, 0.1) is 0 Å². The van der Waals surface area contributed by atoms with E-state index in [1.807, 2.05) is 35.7 Å². The van der Waals surface area contributed by atoms with E-state index in [0.717, 1.165) is 35.5 Å². The van der Waals surface area contributed by atoms with E-state index >= 15 is 0 Å². The zero-order valence-electron chi connectivity index (χ0n) is 14.8. The van der Waals surface area contributed by atoms with Gasteiger partial charge in [-0.3, -0.25) is 9.59 Å². The van der Waals surface area contributed by atoms with Crippen LogP contribution in [0.2, 0.25) is 0 Å². The van der Waals surface area contributed by atoms with Gasteiger partial charge in [0.2, 0.25) is 5.78 Å². The Labute approximate surface area is 153 Å².